The third kappa shape index (κ3) is 3.58. The van der Waals surface area contributed by atoms with E-state index in [9.17, 15) is 0 Å². The van der Waals surface area contributed by atoms with Gasteiger partial charge in [0.1, 0.15) is 11.5 Å². The second kappa shape index (κ2) is 6.37. The summed E-state index contributed by atoms with van der Waals surface area (Å²) in [5.74, 6) is 2.48. The van der Waals surface area contributed by atoms with Crippen LogP contribution in [0.4, 0.5) is 0 Å². The van der Waals surface area contributed by atoms with Gasteiger partial charge in [0, 0.05) is 11.8 Å². The van der Waals surface area contributed by atoms with Crippen molar-refractivity contribution in [3.05, 3.63) is 58.1 Å². The Morgan fingerprint density at radius 2 is 1.61 bits per heavy atom. The van der Waals surface area contributed by atoms with E-state index < -0.39 is 0 Å². The van der Waals surface area contributed by atoms with E-state index in [4.69, 9.17) is 27.9 Å². The lowest BCUT2D eigenvalue weighted by Crippen LogP contribution is -1.85. The summed E-state index contributed by atoms with van der Waals surface area (Å²) in [6.07, 6.45) is 2.08. The van der Waals surface area contributed by atoms with Crippen molar-refractivity contribution in [2.75, 3.05) is 6.26 Å². The van der Waals surface area contributed by atoms with Gasteiger partial charge in [0.15, 0.2) is 0 Å². The van der Waals surface area contributed by atoms with Crippen LogP contribution in [-0.4, -0.2) is 6.26 Å². The Bertz CT molecular complexity index is 526. The first-order valence-corrected chi connectivity index (χ1v) is 7.55. The molecule has 0 radical (unpaired) electrons. The van der Waals surface area contributed by atoms with Crippen molar-refractivity contribution in [2.45, 2.75) is 5.75 Å². The van der Waals surface area contributed by atoms with E-state index in [1.54, 1.807) is 30.0 Å². The zero-order valence-corrected chi connectivity index (χ0v) is 12.1. The molecule has 18 heavy (non-hydrogen) atoms. The zero-order valence-electron chi connectivity index (χ0n) is 9.82. The predicted molar refractivity (Wildman–Crippen MR) is 80.2 cm³/mol. The second-order valence-corrected chi connectivity index (χ2v) is 5.44. The van der Waals surface area contributed by atoms with Gasteiger partial charge in [-0.2, -0.15) is 11.8 Å². The van der Waals surface area contributed by atoms with Gasteiger partial charge in [-0.1, -0.05) is 35.3 Å². The Hall–Kier alpha value is -0.830. The van der Waals surface area contributed by atoms with E-state index in [0.717, 1.165) is 11.5 Å². The molecular formula is C14H12Cl2OS. The highest BCUT2D eigenvalue weighted by Gasteiger charge is 2.02. The van der Waals surface area contributed by atoms with E-state index in [1.165, 1.54) is 5.56 Å². The monoisotopic (exact) mass is 298 g/mol. The molecule has 0 bridgehead atoms. The van der Waals surface area contributed by atoms with Crippen molar-refractivity contribution in [3.63, 3.8) is 0 Å². The third-order valence-corrected chi connectivity index (χ3v) is 3.72. The van der Waals surface area contributed by atoms with Crippen molar-refractivity contribution in [3.8, 4) is 11.5 Å². The first-order chi connectivity index (χ1) is 8.69. The first-order valence-electron chi connectivity index (χ1n) is 5.40. The quantitative estimate of drug-likeness (QED) is 0.721. The van der Waals surface area contributed by atoms with Crippen LogP contribution in [0.25, 0.3) is 0 Å². The maximum atomic E-state index is 5.93. The summed E-state index contributed by atoms with van der Waals surface area (Å²) in [5.41, 5.74) is 1.28. The molecule has 0 heterocycles. The van der Waals surface area contributed by atoms with Crippen LogP contribution in [-0.2, 0) is 5.75 Å². The number of halogens is 2. The van der Waals surface area contributed by atoms with Gasteiger partial charge < -0.3 is 4.74 Å². The normalized spacial score (nSPS) is 10.4. The van der Waals surface area contributed by atoms with Gasteiger partial charge in [0.05, 0.1) is 10.0 Å². The van der Waals surface area contributed by atoms with Gasteiger partial charge >= 0.3 is 0 Å². The summed E-state index contributed by atoms with van der Waals surface area (Å²) in [5, 5.41) is 1.02. The minimum atomic E-state index is 0.494. The number of hydrogen-bond donors (Lipinski definition) is 0. The largest absolute Gasteiger partial charge is 0.457 e. The molecule has 0 atom stereocenters. The van der Waals surface area contributed by atoms with E-state index in [2.05, 4.69) is 18.4 Å². The molecule has 1 nitrogen and oxygen atoms in total. The van der Waals surface area contributed by atoms with E-state index in [1.807, 2.05) is 12.1 Å². The molecule has 0 unspecified atom stereocenters. The minimum Gasteiger partial charge on any atom is -0.457 e. The van der Waals surface area contributed by atoms with Crippen LogP contribution in [0, 0.1) is 0 Å². The summed E-state index contributed by atoms with van der Waals surface area (Å²) >= 11 is 13.6. The molecule has 0 aliphatic carbocycles. The van der Waals surface area contributed by atoms with E-state index >= 15 is 0 Å². The van der Waals surface area contributed by atoms with Crippen molar-refractivity contribution in [1.82, 2.24) is 0 Å². The molecule has 0 aromatic heterocycles. The van der Waals surface area contributed by atoms with Crippen LogP contribution < -0.4 is 4.74 Å². The Morgan fingerprint density at radius 3 is 2.22 bits per heavy atom. The SMILES string of the molecule is CSCc1ccc(Oc2ccc(Cl)c(Cl)c2)cc1. The van der Waals surface area contributed by atoms with Crippen LogP contribution in [0.15, 0.2) is 42.5 Å². The molecule has 0 amide bonds. The van der Waals surface area contributed by atoms with Gasteiger partial charge in [-0.05, 0) is 36.1 Å². The molecule has 2 aromatic rings. The van der Waals surface area contributed by atoms with Crippen LogP contribution in [0.5, 0.6) is 11.5 Å². The molecule has 0 saturated carbocycles. The van der Waals surface area contributed by atoms with Crippen LogP contribution >= 0.6 is 35.0 Å². The highest BCUT2D eigenvalue weighted by atomic mass is 35.5. The van der Waals surface area contributed by atoms with Crippen LogP contribution in [0.2, 0.25) is 10.0 Å². The Kier molecular flexibility index (Phi) is 4.81. The number of benzene rings is 2. The standard InChI is InChI=1S/C14H12Cl2OS/c1-18-9-10-2-4-11(5-3-10)17-12-6-7-13(15)14(16)8-12/h2-8H,9H2,1H3. The fourth-order valence-electron chi connectivity index (χ4n) is 1.50. The average molecular weight is 299 g/mol. The van der Waals surface area contributed by atoms with Crippen molar-refractivity contribution in [2.24, 2.45) is 0 Å². The Labute approximate surface area is 121 Å². The Morgan fingerprint density at radius 1 is 0.944 bits per heavy atom. The molecule has 94 valence electrons. The van der Waals surface area contributed by atoms with Crippen molar-refractivity contribution in [1.29, 1.82) is 0 Å². The topological polar surface area (TPSA) is 9.23 Å². The second-order valence-electron chi connectivity index (χ2n) is 3.75. The molecule has 4 heteroatoms. The lowest BCUT2D eigenvalue weighted by molar-refractivity contribution is 0.482. The van der Waals surface area contributed by atoms with Gasteiger partial charge in [-0.15, -0.1) is 0 Å². The summed E-state index contributed by atoms with van der Waals surface area (Å²) < 4.78 is 5.70. The molecule has 0 aliphatic rings. The minimum absolute atomic E-state index is 0.494. The van der Waals surface area contributed by atoms with Crippen molar-refractivity contribution < 1.29 is 4.74 Å². The molecular weight excluding hydrogens is 287 g/mol. The van der Waals surface area contributed by atoms with Gasteiger partial charge in [0.25, 0.3) is 0 Å². The number of hydrogen-bond acceptors (Lipinski definition) is 2. The highest BCUT2D eigenvalue weighted by Crippen LogP contribution is 2.29. The van der Waals surface area contributed by atoms with Crippen molar-refractivity contribution >= 4 is 35.0 Å². The molecule has 0 spiro atoms. The van der Waals surface area contributed by atoms with Gasteiger partial charge in [-0.25, -0.2) is 0 Å². The lowest BCUT2D eigenvalue weighted by Gasteiger charge is -2.07. The van der Waals surface area contributed by atoms with Crippen LogP contribution in [0.1, 0.15) is 5.56 Å². The number of ether oxygens (including phenoxy) is 1. The molecule has 2 aromatic carbocycles. The smallest absolute Gasteiger partial charge is 0.129 e. The summed E-state index contributed by atoms with van der Waals surface area (Å²) in [4.78, 5) is 0. The molecule has 2 rings (SSSR count). The van der Waals surface area contributed by atoms with E-state index in [-0.39, 0.29) is 0 Å². The maximum Gasteiger partial charge on any atom is 0.129 e. The van der Waals surface area contributed by atoms with Gasteiger partial charge in [0.2, 0.25) is 0 Å². The van der Waals surface area contributed by atoms with Gasteiger partial charge in [-0.3, -0.25) is 0 Å². The first kappa shape index (κ1) is 13.6. The lowest BCUT2D eigenvalue weighted by atomic mass is 10.2. The zero-order chi connectivity index (χ0) is 13.0. The predicted octanol–water partition coefficient (Wildman–Crippen LogP) is 5.65. The fourth-order valence-corrected chi connectivity index (χ4v) is 2.31. The summed E-state index contributed by atoms with van der Waals surface area (Å²) in [6.45, 7) is 0. The average Bonchev–Trinajstić information content (AvgIpc) is 2.37. The third-order valence-electron chi connectivity index (χ3n) is 2.36. The maximum absolute atomic E-state index is 5.93. The van der Waals surface area contributed by atoms with E-state index in [0.29, 0.717) is 15.8 Å². The Balaban J connectivity index is 2.10. The summed E-state index contributed by atoms with van der Waals surface area (Å²) in [7, 11) is 0. The fraction of sp³-hybridized carbons (Fsp3) is 0.143. The number of rotatable bonds is 4. The highest BCUT2D eigenvalue weighted by molar-refractivity contribution is 7.97. The molecule has 0 aliphatic heterocycles. The molecule has 0 saturated heterocycles. The molecule has 0 fully saturated rings. The number of thioether (sulfide) groups is 1. The molecule has 0 N–H and O–H groups in total. The van der Waals surface area contributed by atoms with Crippen LogP contribution in [0.3, 0.4) is 0 Å². The summed E-state index contributed by atoms with van der Waals surface area (Å²) in [6, 6.07) is 13.2.